The first-order chi connectivity index (χ1) is 5.31. The van der Waals surface area contributed by atoms with Crippen molar-refractivity contribution in [3.8, 4) is 0 Å². The van der Waals surface area contributed by atoms with Crippen LogP contribution in [0.15, 0.2) is 0 Å². The van der Waals surface area contributed by atoms with Crippen molar-refractivity contribution >= 4 is 11.8 Å². The molecule has 0 heterocycles. The third-order valence-corrected chi connectivity index (χ3v) is 2.83. The Bertz CT molecular complexity index is 76.0. The van der Waals surface area contributed by atoms with Crippen molar-refractivity contribution in [2.75, 3.05) is 18.1 Å². The maximum atomic E-state index is 5.45. The Morgan fingerprint density at radius 3 is 2.64 bits per heavy atom. The van der Waals surface area contributed by atoms with E-state index in [4.69, 9.17) is 5.73 Å². The van der Waals surface area contributed by atoms with E-state index < -0.39 is 0 Å². The number of rotatable bonds is 7. The zero-order valence-electron chi connectivity index (χ0n) is 7.81. The summed E-state index contributed by atoms with van der Waals surface area (Å²) in [6.45, 7) is 5.36. The lowest BCUT2D eigenvalue weighted by Gasteiger charge is -2.08. The second-order valence-electron chi connectivity index (χ2n) is 3.02. The van der Waals surface area contributed by atoms with E-state index in [1.165, 1.54) is 30.8 Å². The van der Waals surface area contributed by atoms with Gasteiger partial charge in [-0.3, -0.25) is 0 Å². The normalized spacial score (nSPS) is 13.4. The molecule has 0 spiro atoms. The minimum Gasteiger partial charge on any atom is -0.330 e. The fourth-order valence-electron chi connectivity index (χ4n) is 1.11. The molecule has 0 aromatic rings. The van der Waals surface area contributed by atoms with E-state index in [9.17, 15) is 0 Å². The molecule has 0 aliphatic rings. The highest BCUT2D eigenvalue weighted by atomic mass is 32.2. The summed E-state index contributed by atoms with van der Waals surface area (Å²) in [4.78, 5) is 0. The average molecular weight is 175 g/mol. The Kier molecular flexibility index (Phi) is 8.64. The molecule has 0 bridgehead atoms. The monoisotopic (exact) mass is 175 g/mol. The van der Waals surface area contributed by atoms with Gasteiger partial charge in [-0.15, -0.1) is 0 Å². The van der Waals surface area contributed by atoms with Crippen LogP contribution in [0, 0.1) is 5.92 Å². The van der Waals surface area contributed by atoms with Crippen LogP contribution in [0.2, 0.25) is 0 Å². The van der Waals surface area contributed by atoms with E-state index in [1.54, 1.807) is 0 Å². The molecule has 0 aromatic heterocycles. The maximum Gasteiger partial charge on any atom is -0.00675 e. The summed E-state index contributed by atoms with van der Waals surface area (Å²) in [5.41, 5.74) is 5.45. The molecule has 68 valence electrons. The van der Waals surface area contributed by atoms with Gasteiger partial charge in [0.1, 0.15) is 0 Å². The Labute approximate surface area is 75.1 Å². The van der Waals surface area contributed by atoms with Gasteiger partial charge in [0, 0.05) is 0 Å². The number of hydrogen-bond acceptors (Lipinski definition) is 2. The highest BCUT2D eigenvalue weighted by molar-refractivity contribution is 7.99. The van der Waals surface area contributed by atoms with Crippen molar-refractivity contribution in [1.29, 1.82) is 0 Å². The van der Waals surface area contributed by atoms with E-state index in [1.807, 2.05) is 11.8 Å². The van der Waals surface area contributed by atoms with Crippen molar-refractivity contribution in [2.24, 2.45) is 11.7 Å². The van der Waals surface area contributed by atoms with Gasteiger partial charge in [-0.2, -0.15) is 11.8 Å². The van der Waals surface area contributed by atoms with Gasteiger partial charge < -0.3 is 5.73 Å². The summed E-state index contributed by atoms with van der Waals surface area (Å²) in [6, 6.07) is 0. The minimum atomic E-state index is 0.831. The third-order valence-electron chi connectivity index (χ3n) is 1.85. The van der Waals surface area contributed by atoms with Crippen LogP contribution in [0.5, 0.6) is 0 Å². The number of thioether (sulfide) groups is 1. The van der Waals surface area contributed by atoms with Gasteiger partial charge in [0.2, 0.25) is 0 Å². The van der Waals surface area contributed by atoms with Gasteiger partial charge in [0.25, 0.3) is 0 Å². The quantitative estimate of drug-likeness (QED) is 0.602. The topological polar surface area (TPSA) is 26.0 Å². The Morgan fingerprint density at radius 2 is 2.09 bits per heavy atom. The molecular weight excluding hydrogens is 154 g/mol. The molecule has 1 unspecified atom stereocenters. The summed E-state index contributed by atoms with van der Waals surface area (Å²) in [7, 11) is 0. The lowest BCUT2D eigenvalue weighted by molar-refractivity contribution is 0.495. The molecule has 2 N–H and O–H groups in total. The highest BCUT2D eigenvalue weighted by Crippen LogP contribution is 2.12. The Morgan fingerprint density at radius 1 is 1.36 bits per heavy atom. The minimum absolute atomic E-state index is 0.831. The first-order valence-electron chi connectivity index (χ1n) is 4.59. The van der Waals surface area contributed by atoms with Crippen LogP contribution in [0.25, 0.3) is 0 Å². The summed E-state index contributed by atoms with van der Waals surface area (Å²) in [5, 5.41) is 0. The molecule has 0 fully saturated rings. The smallest absolute Gasteiger partial charge is 0.00675 e. The predicted molar refractivity (Wildman–Crippen MR) is 55.1 cm³/mol. The Balaban J connectivity index is 2.97. The largest absolute Gasteiger partial charge is 0.330 e. The SMILES string of the molecule is CCSCCCC(C)CCN. The molecule has 0 saturated carbocycles. The lowest BCUT2D eigenvalue weighted by Crippen LogP contribution is -2.05. The first-order valence-corrected chi connectivity index (χ1v) is 5.74. The summed E-state index contributed by atoms with van der Waals surface area (Å²) >= 11 is 2.04. The maximum absolute atomic E-state index is 5.45. The van der Waals surface area contributed by atoms with Gasteiger partial charge in [-0.25, -0.2) is 0 Å². The van der Waals surface area contributed by atoms with Crippen LogP contribution < -0.4 is 5.73 Å². The second kappa shape index (κ2) is 8.41. The van der Waals surface area contributed by atoms with Crippen LogP contribution in [0.1, 0.15) is 33.1 Å². The Hall–Kier alpha value is 0.310. The van der Waals surface area contributed by atoms with Crippen molar-refractivity contribution in [3.05, 3.63) is 0 Å². The zero-order valence-corrected chi connectivity index (χ0v) is 8.62. The molecule has 1 atom stereocenters. The first kappa shape index (κ1) is 11.3. The molecule has 0 aromatic carbocycles. The molecule has 2 heteroatoms. The third kappa shape index (κ3) is 8.21. The fraction of sp³-hybridized carbons (Fsp3) is 1.00. The van der Waals surface area contributed by atoms with Gasteiger partial charge in [0.05, 0.1) is 0 Å². The van der Waals surface area contributed by atoms with E-state index in [0.717, 1.165) is 12.5 Å². The highest BCUT2D eigenvalue weighted by Gasteiger charge is 1.99. The van der Waals surface area contributed by atoms with Crippen LogP contribution in [0.4, 0.5) is 0 Å². The van der Waals surface area contributed by atoms with Gasteiger partial charge in [-0.1, -0.05) is 13.8 Å². The van der Waals surface area contributed by atoms with Gasteiger partial charge in [0.15, 0.2) is 0 Å². The lowest BCUT2D eigenvalue weighted by atomic mass is 10.0. The van der Waals surface area contributed by atoms with E-state index in [2.05, 4.69) is 13.8 Å². The molecule has 0 amide bonds. The van der Waals surface area contributed by atoms with Crippen molar-refractivity contribution in [1.82, 2.24) is 0 Å². The van der Waals surface area contributed by atoms with Crippen LogP contribution >= 0.6 is 11.8 Å². The zero-order chi connectivity index (χ0) is 8.53. The predicted octanol–water partition coefficient (Wildman–Crippen LogP) is 2.50. The van der Waals surface area contributed by atoms with E-state index in [-0.39, 0.29) is 0 Å². The summed E-state index contributed by atoms with van der Waals surface area (Å²) in [5.74, 6) is 3.41. The van der Waals surface area contributed by atoms with Crippen molar-refractivity contribution < 1.29 is 0 Å². The number of nitrogens with two attached hydrogens (primary N) is 1. The molecule has 11 heavy (non-hydrogen) atoms. The number of hydrogen-bond donors (Lipinski definition) is 1. The van der Waals surface area contributed by atoms with Crippen LogP contribution in [-0.4, -0.2) is 18.1 Å². The summed E-state index contributed by atoms with van der Waals surface area (Å²) in [6.07, 6.45) is 3.90. The van der Waals surface area contributed by atoms with Crippen LogP contribution in [-0.2, 0) is 0 Å². The molecule has 0 aliphatic heterocycles. The second-order valence-corrected chi connectivity index (χ2v) is 4.42. The molecular formula is C9H21NS. The molecule has 0 saturated heterocycles. The molecule has 1 nitrogen and oxygen atoms in total. The fourth-order valence-corrected chi connectivity index (χ4v) is 1.77. The average Bonchev–Trinajstić information content (AvgIpc) is 1.99. The van der Waals surface area contributed by atoms with Crippen LogP contribution in [0.3, 0.4) is 0 Å². The van der Waals surface area contributed by atoms with Gasteiger partial charge in [-0.05, 0) is 43.2 Å². The molecule has 0 radical (unpaired) electrons. The van der Waals surface area contributed by atoms with E-state index in [0.29, 0.717) is 0 Å². The van der Waals surface area contributed by atoms with Gasteiger partial charge >= 0.3 is 0 Å². The van der Waals surface area contributed by atoms with Crippen molar-refractivity contribution in [3.63, 3.8) is 0 Å². The van der Waals surface area contributed by atoms with Crippen molar-refractivity contribution in [2.45, 2.75) is 33.1 Å². The molecule has 0 aliphatic carbocycles. The standard InChI is InChI=1S/C9H21NS/c1-3-11-8-4-5-9(2)6-7-10/h9H,3-8,10H2,1-2H3. The summed E-state index contributed by atoms with van der Waals surface area (Å²) < 4.78 is 0. The molecule has 0 rings (SSSR count). The van der Waals surface area contributed by atoms with E-state index >= 15 is 0 Å².